The number of benzene rings is 8. The van der Waals surface area contributed by atoms with Crippen LogP contribution in [0.5, 0.6) is 0 Å². The van der Waals surface area contributed by atoms with Gasteiger partial charge >= 0.3 is 0 Å². The minimum Gasteiger partial charge on any atom is -0.135 e. The molecule has 0 spiro atoms. The minimum atomic E-state index is -0.0491. The number of thiophene rings is 1. The van der Waals surface area contributed by atoms with E-state index in [1.165, 1.54) is 97.0 Å². The van der Waals surface area contributed by atoms with E-state index in [1.54, 1.807) is 0 Å². The summed E-state index contributed by atoms with van der Waals surface area (Å²) in [5.74, 6) is 0. The Labute approximate surface area is 272 Å². The molecule has 1 aliphatic rings. The Kier molecular flexibility index (Phi) is 5.31. The summed E-state index contributed by atoms with van der Waals surface area (Å²) < 4.78 is 2.68. The molecule has 0 atom stereocenters. The van der Waals surface area contributed by atoms with E-state index >= 15 is 0 Å². The van der Waals surface area contributed by atoms with Crippen LogP contribution in [0.1, 0.15) is 25.0 Å². The topological polar surface area (TPSA) is 0 Å². The Bertz CT molecular complexity index is 2660. The molecule has 9 aromatic rings. The van der Waals surface area contributed by atoms with Crippen molar-refractivity contribution in [2.75, 3.05) is 0 Å². The molecule has 0 saturated carbocycles. The number of hydrogen-bond donors (Lipinski definition) is 0. The monoisotopic (exact) mass is 602 g/mol. The van der Waals surface area contributed by atoms with E-state index in [0.29, 0.717) is 0 Å². The van der Waals surface area contributed by atoms with Crippen LogP contribution in [0.25, 0.3) is 85.9 Å². The lowest BCUT2D eigenvalue weighted by molar-refractivity contribution is 0.661. The van der Waals surface area contributed by atoms with Gasteiger partial charge in [0.1, 0.15) is 0 Å². The zero-order chi connectivity index (χ0) is 30.6. The third-order valence-corrected chi connectivity index (χ3v) is 11.6. The van der Waals surface area contributed by atoms with Gasteiger partial charge in [0, 0.05) is 25.6 Å². The lowest BCUT2D eigenvalue weighted by Gasteiger charge is -2.22. The predicted molar refractivity (Wildman–Crippen MR) is 200 cm³/mol. The van der Waals surface area contributed by atoms with Crippen molar-refractivity contribution in [3.8, 4) is 33.4 Å². The molecular formula is C45H30S. The van der Waals surface area contributed by atoms with Crippen LogP contribution in [0, 0.1) is 0 Å². The predicted octanol–water partition coefficient (Wildman–Crippen LogP) is 13.2. The van der Waals surface area contributed by atoms with Crippen molar-refractivity contribution >= 4 is 63.8 Å². The van der Waals surface area contributed by atoms with Crippen LogP contribution < -0.4 is 0 Å². The molecule has 1 heteroatoms. The molecule has 0 unspecified atom stereocenters. The summed E-state index contributed by atoms with van der Waals surface area (Å²) >= 11 is 1.89. The van der Waals surface area contributed by atoms with Crippen LogP contribution in [0.4, 0.5) is 0 Å². The fourth-order valence-electron chi connectivity index (χ4n) is 8.22. The normalized spacial score (nSPS) is 13.6. The smallest absolute Gasteiger partial charge is 0.0361 e. The highest BCUT2D eigenvalue weighted by molar-refractivity contribution is 7.25. The summed E-state index contributed by atoms with van der Waals surface area (Å²) in [6.45, 7) is 4.75. The van der Waals surface area contributed by atoms with Crippen molar-refractivity contribution in [3.63, 3.8) is 0 Å². The van der Waals surface area contributed by atoms with Crippen molar-refractivity contribution in [1.29, 1.82) is 0 Å². The van der Waals surface area contributed by atoms with Crippen molar-refractivity contribution in [1.82, 2.24) is 0 Å². The molecule has 0 N–H and O–H groups in total. The molecule has 1 aromatic heterocycles. The second-order valence-corrected chi connectivity index (χ2v) is 14.4. The summed E-state index contributed by atoms with van der Waals surface area (Å²) in [7, 11) is 0. The van der Waals surface area contributed by atoms with Crippen molar-refractivity contribution < 1.29 is 0 Å². The average molecular weight is 603 g/mol. The van der Waals surface area contributed by atoms with Gasteiger partial charge in [-0.25, -0.2) is 0 Å². The molecule has 1 aliphatic carbocycles. The Morgan fingerprint density at radius 2 is 0.891 bits per heavy atom. The molecule has 1 heterocycles. The molecule has 46 heavy (non-hydrogen) atoms. The largest absolute Gasteiger partial charge is 0.135 e. The van der Waals surface area contributed by atoms with Crippen LogP contribution in [-0.2, 0) is 5.41 Å². The second kappa shape index (κ2) is 9.39. The lowest BCUT2D eigenvalue weighted by Crippen LogP contribution is -2.14. The van der Waals surface area contributed by atoms with E-state index in [1.807, 2.05) is 11.3 Å². The van der Waals surface area contributed by atoms with Crippen molar-refractivity contribution in [2.24, 2.45) is 0 Å². The third kappa shape index (κ3) is 3.55. The van der Waals surface area contributed by atoms with Crippen LogP contribution in [0.2, 0.25) is 0 Å². The maximum atomic E-state index is 2.47. The zero-order valence-corrected chi connectivity index (χ0v) is 26.6. The van der Waals surface area contributed by atoms with Gasteiger partial charge in [0.15, 0.2) is 0 Å². The standard InChI is InChI=1S/C45H30S/c1-45(2)39-22-20-29(24-37(39)38-23-27-11-3-4-12-28(27)25-40(38)45)43-33-14-5-7-16-35(33)44(36-17-8-6-15-34(36)43)30-19-21-32-31-13-9-10-18-41(31)46-42(32)26-30/h3-26H,1-2H3. The van der Waals surface area contributed by atoms with Crippen LogP contribution in [0.15, 0.2) is 146 Å². The van der Waals surface area contributed by atoms with Gasteiger partial charge in [-0.3, -0.25) is 0 Å². The highest BCUT2D eigenvalue weighted by atomic mass is 32.1. The summed E-state index contributed by atoms with van der Waals surface area (Å²) in [6.07, 6.45) is 0. The fourth-order valence-corrected chi connectivity index (χ4v) is 9.37. The quantitative estimate of drug-likeness (QED) is 0.173. The SMILES string of the molecule is CC1(C)c2ccc(-c3c4ccccc4c(-c4ccc5c(c4)sc4ccccc45)c4ccccc34)cc2-c2cc3ccccc3cc21. The number of fused-ring (bicyclic) bond motifs is 9. The van der Waals surface area contributed by atoms with Crippen LogP contribution in [0.3, 0.4) is 0 Å². The van der Waals surface area contributed by atoms with Gasteiger partial charge < -0.3 is 0 Å². The van der Waals surface area contributed by atoms with E-state index in [-0.39, 0.29) is 5.41 Å². The molecule has 0 amide bonds. The summed E-state index contributed by atoms with van der Waals surface area (Å²) in [5, 5.41) is 10.5. The van der Waals surface area contributed by atoms with Gasteiger partial charge in [-0.1, -0.05) is 129 Å². The highest BCUT2D eigenvalue weighted by Crippen LogP contribution is 2.52. The van der Waals surface area contributed by atoms with Crippen molar-refractivity contribution in [3.05, 3.63) is 157 Å². The van der Waals surface area contributed by atoms with Crippen molar-refractivity contribution in [2.45, 2.75) is 19.3 Å². The first kappa shape index (κ1) is 26.0. The Hall–Kier alpha value is -5.24. The zero-order valence-electron chi connectivity index (χ0n) is 25.8. The van der Waals surface area contributed by atoms with Crippen LogP contribution in [-0.4, -0.2) is 0 Å². The van der Waals surface area contributed by atoms with Crippen LogP contribution >= 0.6 is 11.3 Å². The van der Waals surface area contributed by atoms with Gasteiger partial charge in [-0.2, -0.15) is 0 Å². The van der Waals surface area contributed by atoms with E-state index in [0.717, 1.165) is 0 Å². The molecule has 0 aliphatic heterocycles. The minimum absolute atomic E-state index is 0.0491. The van der Waals surface area contributed by atoms with E-state index in [4.69, 9.17) is 0 Å². The first-order valence-corrected chi connectivity index (χ1v) is 16.9. The molecule has 0 fully saturated rings. The molecule has 0 saturated heterocycles. The second-order valence-electron chi connectivity index (χ2n) is 13.3. The fraction of sp³-hybridized carbons (Fsp3) is 0.0667. The third-order valence-electron chi connectivity index (χ3n) is 10.4. The van der Waals surface area contributed by atoms with Gasteiger partial charge in [-0.05, 0) is 107 Å². The molecular weight excluding hydrogens is 573 g/mol. The maximum Gasteiger partial charge on any atom is 0.0361 e. The first-order chi connectivity index (χ1) is 22.6. The average Bonchev–Trinajstić information content (AvgIpc) is 3.57. The van der Waals surface area contributed by atoms with Gasteiger partial charge in [-0.15, -0.1) is 11.3 Å². The number of hydrogen-bond acceptors (Lipinski definition) is 1. The molecule has 0 radical (unpaired) electrons. The maximum absolute atomic E-state index is 2.47. The van der Waals surface area contributed by atoms with Gasteiger partial charge in [0.05, 0.1) is 0 Å². The molecule has 0 bridgehead atoms. The molecule has 8 aromatic carbocycles. The Morgan fingerprint density at radius 3 is 1.57 bits per heavy atom. The van der Waals surface area contributed by atoms with E-state index in [9.17, 15) is 0 Å². The molecule has 0 nitrogen and oxygen atoms in total. The summed E-state index contributed by atoms with van der Waals surface area (Å²) in [4.78, 5) is 0. The lowest BCUT2D eigenvalue weighted by atomic mass is 9.81. The number of rotatable bonds is 2. The Balaban J connectivity index is 1.24. The van der Waals surface area contributed by atoms with E-state index in [2.05, 4.69) is 159 Å². The Morgan fingerprint density at radius 1 is 0.391 bits per heavy atom. The summed E-state index contributed by atoms with van der Waals surface area (Å²) in [5.41, 5.74) is 10.7. The highest BCUT2D eigenvalue weighted by Gasteiger charge is 2.36. The van der Waals surface area contributed by atoms with Gasteiger partial charge in [0.2, 0.25) is 0 Å². The molecule has 216 valence electrons. The first-order valence-electron chi connectivity index (χ1n) is 16.1. The van der Waals surface area contributed by atoms with Gasteiger partial charge in [0.25, 0.3) is 0 Å². The molecule has 10 rings (SSSR count). The summed E-state index contributed by atoms with van der Waals surface area (Å²) in [6, 6.07) is 54.6. The van der Waals surface area contributed by atoms with E-state index < -0.39 is 0 Å².